The second-order valence-corrected chi connectivity index (χ2v) is 7.23. The first kappa shape index (κ1) is 12.8. The lowest BCUT2D eigenvalue weighted by Gasteiger charge is -2.22. The van der Waals surface area contributed by atoms with Crippen molar-refractivity contribution < 1.29 is 0 Å². The maximum Gasteiger partial charge on any atom is 0.0544 e. The Morgan fingerprint density at radius 1 is 1.17 bits per heavy atom. The molecule has 2 fully saturated rings. The molecule has 1 heterocycles. The molecule has 0 unspecified atom stereocenters. The molecule has 1 aromatic carbocycles. The highest BCUT2D eigenvalue weighted by atomic mass is 35.5. The lowest BCUT2D eigenvalue weighted by atomic mass is 9.91. The molecular formula is C15H20ClNS. The van der Waals surface area contributed by atoms with E-state index in [1.165, 1.54) is 55.7 Å². The van der Waals surface area contributed by atoms with E-state index in [1.54, 1.807) is 0 Å². The maximum absolute atomic E-state index is 6.39. The summed E-state index contributed by atoms with van der Waals surface area (Å²) in [5.74, 6) is 0.837. The maximum atomic E-state index is 6.39. The fourth-order valence-electron chi connectivity index (χ4n) is 2.55. The van der Waals surface area contributed by atoms with E-state index in [0.29, 0.717) is 0 Å². The van der Waals surface area contributed by atoms with Gasteiger partial charge in [-0.25, -0.2) is 0 Å². The Balaban J connectivity index is 1.63. The molecule has 2 aliphatic rings. The van der Waals surface area contributed by atoms with Crippen molar-refractivity contribution in [2.24, 2.45) is 5.92 Å². The van der Waals surface area contributed by atoms with Gasteiger partial charge in [0.05, 0.1) is 5.02 Å². The Kier molecular flexibility index (Phi) is 4.17. The molecule has 1 saturated heterocycles. The fraction of sp³-hybridized carbons (Fsp3) is 0.600. The number of hydrogen-bond acceptors (Lipinski definition) is 2. The fourth-order valence-corrected chi connectivity index (χ4v) is 3.94. The quantitative estimate of drug-likeness (QED) is 0.890. The molecule has 18 heavy (non-hydrogen) atoms. The normalized spacial score (nSPS) is 21.2. The van der Waals surface area contributed by atoms with Crippen molar-refractivity contribution in [2.45, 2.75) is 42.2 Å². The summed E-state index contributed by atoms with van der Waals surface area (Å²) >= 11 is 8.33. The van der Waals surface area contributed by atoms with Crippen LogP contribution in [0.25, 0.3) is 0 Å². The van der Waals surface area contributed by atoms with Gasteiger partial charge < -0.3 is 5.32 Å². The minimum atomic E-state index is 0.831. The van der Waals surface area contributed by atoms with Crippen molar-refractivity contribution in [3.63, 3.8) is 0 Å². The van der Waals surface area contributed by atoms with Crippen LogP contribution in [-0.2, 0) is 6.42 Å². The van der Waals surface area contributed by atoms with Gasteiger partial charge >= 0.3 is 0 Å². The monoisotopic (exact) mass is 281 g/mol. The summed E-state index contributed by atoms with van der Waals surface area (Å²) in [6, 6.07) is 6.69. The first-order chi connectivity index (χ1) is 8.81. The van der Waals surface area contributed by atoms with Crippen LogP contribution in [0.1, 0.15) is 31.2 Å². The average Bonchev–Trinajstić information content (AvgIpc) is 3.18. The number of rotatable bonds is 4. The number of hydrogen-bond donors (Lipinski definition) is 1. The topological polar surface area (TPSA) is 12.0 Å². The molecule has 3 heteroatoms. The number of thioether (sulfide) groups is 1. The molecule has 1 aliphatic heterocycles. The molecule has 1 aromatic rings. The van der Waals surface area contributed by atoms with Crippen molar-refractivity contribution in [3.8, 4) is 0 Å². The third-order valence-electron chi connectivity index (χ3n) is 3.80. The van der Waals surface area contributed by atoms with E-state index in [2.05, 4.69) is 23.5 Å². The van der Waals surface area contributed by atoms with Crippen molar-refractivity contribution >= 4 is 23.4 Å². The minimum absolute atomic E-state index is 0.831. The summed E-state index contributed by atoms with van der Waals surface area (Å²) in [4.78, 5) is 1.27. The molecule has 0 radical (unpaired) electrons. The van der Waals surface area contributed by atoms with E-state index >= 15 is 0 Å². The summed E-state index contributed by atoms with van der Waals surface area (Å²) in [6.07, 6.45) is 6.51. The van der Waals surface area contributed by atoms with Gasteiger partial charge in [-0.15, -0.1) is 11.8 Å². The van der Waals surface area contributed by atoms with Crippen molar-refractivity contribution in [3.05, 3.63) is 28.8 Å². The third kappa shape index (κ3) is 3.43. The van der Waals surface area contributed by atoms with E-state index in [-0.39, 0.29) is 0 Å². The highest BCUT2D eigenvalue weighted by Gasteiger charge is 2.23. The molecule has 1 N–H and O–H groups in total. The first-order valence-corrected chi connectivity index (χ1v) is 8.23. The van der Waals surface area contributed by atoms with Gasteiger partial charge in [0.25, 0.3) is 0 Å². The van der Waals surface area contributed by atoms with E-state index in [9.17, 15) is 0 Å². The van der Waals surface area contributed by atoms with Crippen LogP contribution in [0.5, 0.6) is 0 Å². The van der Waals surface area contributed by atoms with Crippen LogP contribution in [0.4, 0.5) is 0 Å². The lowest BCUT2D eigenvalue weighted by molar-refractivity contribution is 0.372. The molecule has 98 valence electrons. The van der Waals surface area contributed by atoms with Crippen LogP contribution in [0, 0.1) is 5.92 Å². The predicted molar refractivity (Wildman–Crippen MR) is 79.6 cm³/mol. The van der Waals surface area contributed by atoms with Crippen LogP contribution >= 0.6 is 23.4 Å². The van der Waals surface area contributed by atoms with Crippen molar-refractivity contribution in [1.82, 2.24) is 5.32 Å². The molecule has 3 rings (SSSR count). The SMILES string of the molecule is Clc1cc(CC2CCNCC2)ccc1SC1CC1. The standard InChI is InChI=1S/C15H20ClNS/c16-14-10-12(9-11-5-7-17-8-6-11)1-4-15(14)18-13-2-3-13/h1,4,10-11,13,17H,2-3,5-9H2. The van der Waals surface area contributed by atoms with E-state index in [4.69, 9.17) is 11.6 Å². The Bertz CT molecular complexity index is 411. The largest absolute Gasteiger partial charge is 0.317 e. The van der Waals surface area contributed by atoms with Crippen molar-refractivity contribution in [1.29, 1.82) is 0 Å². The van der Waals surface area contributed by atoms with Gasteiger partial charge in [-0.1, -0.05) is 17.7 Å². The second-order valence-electron chi connectivity index (χ2n) is 5.48. The summed E-state index contributed by atoms with van der Waals surface area (Å²) in [5.41, 5.74) is 1.41. The zero-order chi connectivity index (χ0) is 12.4. The van der Waals surface area contributed by atoms with Gasteiger partial charge in [0.1, 0.15) is 0 Å². The summed E-state index contributed by atoms with van der Waals surface area (Å²) in [7, 11) is 0. The Morgan fingerprint density at radius 2 is 1.94 bits per heavy atom. The van der Waals surface area contributed by atoms with Gasteiger partial charge in [0, 0.05) is 10.1 Å². The van der Waals surface area contributed by atoms with Gasteiger partial charge in [-0.2, -0.15) is 0 Å². The van der Waals surface area contributed by atoms with Crippen LogP contribution < -0.4 is 5.32 Å². The Labute approximate surface area is 119 Å². The molecule has 0 spiro atoms. The lowest BCUT2D eigenvalue weighted by Crippen LogP contribution is -2.28. The average molecular weight is 282 g/mol. The first-order valence-electron chi connectivity index (χ1n) is 6.97. The molecule has 0 amide bonds. The number of piperidine rings is 1. The van der Waals surface area contributed by atoms with Gasteiger partial charge in [-0.3, -0.25) is 0 Å². The van der Waals surface area contributed by atoms with E-state index < -0.39 is 0 Å². The Morgan fingerprint density at radius 3 is 2.61 bits per heavy atom. The van der Waals surface area contributed by atoms with Crippen LogP contribution in [0.2, 0.25) is 5.02 Å². The molecule has 1 saturated carbocycles. The van der Waals surface area contributed by atoms with E-state index in [1.807, 2.05) is 11.8 Å². The van der Waals surface area contributed by atoms with Crippen LogP contribution in [0.3, 0.4) is 0 Å². The molecule has 1 nitrogen and oxygen atoms in total. The molecule has 1 aliphatic carbocycles. The second kappa shape index (κ2) is 5.85. The number of halogens is 1. The number of nitrogens with one attached hydrogen (secondary N) is 1. The third-order valence-corrected chi connectivity index (χ3v) is 5.64. The zero-order valence-electron chi connectivity index (χ0n) is 10.6. The van der Waals surface area contributed by atoms with Crippen LogP contribution in [-0.4, -0.2) is 18.3 Å². The highest BCUT2D eigenvalue weighted by Crippen LogP contribution is 2.42. The molecule has 0 atom stereocenters. The van der Waals surface area contributed by atoms with E-state index in [0.717, 1.165) is 16.2 Å². The molecule has 0 bridgehead atoms. The summed E-state index contributed by atoms with van der Waals surface area (Å²) in [5, 5.41) is 5.21. The minimum Gasteiger partial charge on any atom is -0.317 e. The van der Waals surface area contributed by atoms with Gasteiger partial charge in [0.2, 0.25) is 0 Å². The molecule has 0 aromatic heterocycles. The van der Waals surface area contributed by atoms with Gasteiger partial charge in [0.15, 0.2) is 0 Å². The van der Waals surface area contributed by atoms with Gasteiger partial charge in [-0.05, 0) is 68.8 Å². The molecular weight excluding hydrogens is 262 g/mol. The zero-order valence-corrected chi connectivity index (χ0v) is 12.2. The predicted octanol–water partition coefficient (Wildman–Crippen LogP) is 4.14. The highest BCUT2D eigenvalue weighted by molar-refractivity contribution is 8.00. The number of benzene rings is 1. The smallest absolute Gasteiger partial charge is 0.0544 e. The Hall–Kier alpha value is -0.180. The summed E-state index contributed by atoms with van der Waals surface area (Å²) in [6.45, 7) is 2.35. The summed E-state index contributed by atoms with van der Waals surface area (Å²) < 4.78 is 0. The van der Waals surface area contributed by atoms with Crippen LogP contribution in [0.15, 0.2) is 23.1 Å². The van der Waals surface area contributed by atoms with Crippen molar-refractivity contribution in [2.75, 3.05) is 13.1 Å².